The zero-order chi connectivity index (χ0) is 15.2. The van der Waals surface area contributed by atoms with Gasteiger partial charge in [0.2, 0.25) is 0 Å². The van der Waals surface area contributed by atoms with Crippen molar-refractivity contribution in [2.45, 2.75) is 33.7 Å². The average molecular weight is 282 g/mol. The minimum absolute atomic E-state index is 0.102. The first kappa shape index (κ1) is 16.4. The molecule has 0 aromatic heterocycles. The van der Waals surface area contributed by atoms with E-state index in [1.54, 1.807) is 19.1 Å². The number of carbonyl (C=O) groups is 1. The van der Waals surface area contributed by atoms with E-state index in [1.165, 1.54) is 6.07 Å². The molecular formula is C15H23FN2O2. The van der Waals surface area contributed by atoms with E-state index in [0.717, 1.165) is 5.56 Å². The maximum absolute atomic E-state index is 13.1. The Balaban J connectivity index is 2.38. The van der Waals surface area contributed by atoms with Gasteiger partial charge in [0, 0.05) is 19.7 Å². The molecule has 2 amide bonds. The number of benzene rings is 1. The summed E-state index contributed by atoms with van der Waals surface area (Å²) in [5.41, 5.74) is 1.28. The molecule has 0 aliphatic heterocycles. The molecule has 0 heterocycles. The second-order valence-electron chi connectivity index (χ2n) is 5.76. The summed E-state index contributed by atoms with van der Waals surface area (Å²) in [4.78, 5) is 11.7. The molecule has 0 saturated heterocycles. The van der Waals surface area contributed by atoms with Crippen LogP contribution in [0.2, 0.25) is 0 Å². The third kappa shape index (κ3) is 5.57. The first-order chi connectivity index (χ1) is 9.34. The zero-order valence-corrected chi connectivity index (χ0v) is 12.3. The molecule has 0 spiro atoms. The number of nitrogens with one attached hydrogen (secondary N) is 2. The number of urea groups is 1. The van der Waals surface area contributed by atoms with Crippen molar-refractivity contribution in [2.75, 3.05) is 13.2 Å². The number of aliphatic hydroxyl groups is 1. The van der Waals surface area contributed by atoms with Gasteiger partial charge in [-0.25, -0.2) is 9.18 Å². The van der Waals surface area contributed by atoms with Crippen molar-refractivity contribution in [3.63, 3.8) is 0 Å². The van der Waals surface area contributed by atoms with E-state index < -0.39 is 0 Å². The summed E-state index contributed by atoms with van der Waals surface area (Å²) in [5.74, 6) is -0.246. The standard InChI is InChI=1S/C15H23FN2O2/c1-11-8-12(4-5-13(11)16)9-17-14(20)18-10-15(2,3)6-7-19/h4-5,8,19H,6-7,9-10H2,1-3H3,(H2,17,18,20). The summed E-state index contributed by atoms with van der Waals surface area (Å²) in [6.07, 6.45) is 0.629. The topological polar surface area (TPSA) is 61.4 Å². The fourth-order valence-electron chi connectivity index (χ4n) is 1.77. The molecule has 4 nitrogen and oxygen atoms in total. The van der Waals surface area contributed by atoms with Crippen molar-refractivity contribution in [1.82, 2.24) is 10.6 Å². The molecule has 20 heavy (non-hydrogen) atoms. The van der Waals surface area contributed by atoms with Gasteiger partial charge in [0.05, 0.1) is 0 Å². The van der Waals surface area contributed by atoms with Crippen molar-refractivity contribution >= 4 is 6.03 Å². The van der Waals surface area contributed by atoms with Crippen molar-refractivity contribution < 1.29 is 14.3 Å². The number of aryl methyl sites for hydroxylation is 1. The Bertz CT molecular complexity index is 461. The van der Waals surface area contributed by atoms with Gasteiger partial charge in [0.15, 0.2) is 0 Å². The van der Waals surface area contributed by atoms with E-state index in [9.17, 15) is 9.18 Å². The Labute approximate surface area is 119 Å². The number of rotatable bonds is 6. The smallest absolute Gasteiger partial charge is 0.315 e. The third-order valence-electron chi connectivity index (χ3n) is 3.19. The summed E-state index contributed by atoms with van der Waals surface area (Å²) in [6.45, 7) is 6.59. The highest BCUT2D eigenvalue weighted by Gasteiger charge is 2.17. The molecular weight excluding hydrogens is 259 g/mol. The molecule has 1 aromatic rings. The molecule has 0 bridgehead atoms. The Morgan fingerprint density at radius 1 is 1.35 bits per heavy atom. The fraction of sp³-hybridized carbons (Fsp3) is 0.533. The average Bonchev–Trinajstić information content (AvgIpc) is 2.38. The van der Waals surface area contributed by atoms with Crippen LogP contribution in [0, 0.1) is 18.2 Å². The lowest BCUT2D eigenvalue weighted by molar-refractivity contribution is 0.201. The zero-order valence-electron chi connectivity index (χ0n) is 12.3. The monoisotopic (exact) mass is 282 g/mol. The molecule has 5 heteroatoms. The Morgan fingerprint density at radius 3 is 2.65 bits per heavy atom. The van der Waals surface area contributed by atoms with Gasteiger partial charge in [0.1, 0.15) is 5.82 Å². The van der Waals surface area contributed by atoms with Gasteiger partial charge in [-0.15, -0.1) is 0 Å². The number of carbonyl (C=O) groups excluding carboxylic acids is 1. The van der Waals surface area contributed by atoms with Crippen LogP contribution in [-0.2, 0) is 6.54 Å². The highest BCUT2D eigenvalue weighted by atomic mass is 19.1. The quantitative estimate of drug-likeness (QED) is 0.750. The normalized spacial score (nSPS) is 11.2. The summed E-state index contributed by atoms with van der Waals surface area (Å²) in [5, 5.41) is 14.4. The first-order valence-corrected chi connectivity index (χ1v) is 6.72. The van der Waals surface area contributed by atoms with Crippen LogP contribution in [0.3, 0.4) is 0 Å². The van der Waals surface area contributed by atoms with Crippen molar-refractivity contribution in [1.29, 1.82) is 0 Å². The molecule has 3 N–H and O–H groups in total. The summed E-state index contributed by atoms with van der Waals surface area (Å²) in [6, 6.07) is 4.50. The Morgan fingerprint density at radius 2 is 2.05 bits per heavy atom. The van der Waals surface area contributed by atoms with Gasteiger partial charge in [-0.1, -0.05) is 26.0 Å². The van der Waals surface area contributed by atoms with E-state index in [2.05, 4.69) is 10.6 Å². The van der Waals surface area contributed by atoms with Crippen LogP contribution >= 0.6 is 0 Å². The van der Waals surface area contributed by atoms with E-state index in [0.29, 0.717) is 25.1 Å². The lowest BCUT2D eigenvalue weighted by Crippen LogP contribution is -2.40. The molecule has 112 valence electrons. The third-order valence-corrected chi connectivity index (χ3v) is 3.19. The lowest BCUT2D eigenvalue weighted by Gasteiger charge is -2.23. The van der Waals surface area contributed by atoms with Crippen molar-refractivity contribution in [3.8, 4) is 0 Å². The van der Waals surface area contributed by atoms with Crippen LogP contribution in [0.4, 0.5) is 9.18 Å². The second-order valence-corrected chi connectivity index (χ2v) is 5.76. The number of aliphatic hydroxyl groups excluding tert-OH is 1. The van der Waals surface area contributed by atoms with Crippen LogP contribution in [0.1, 0.15) is 31.4 Å². The van der Waals surface area contributed by atoms with E-state index in [-0.39, 0.29) is 23.9 Å². The van der Waals surface area contributed by atoms with Gasteiger partial charge in [-0.2, -0.15) is 0 Å². The van der Waals surface area contributed by atoms with Gasteiger partial charge >= 0.3 is 6.03 Å². The number of halogens is 1. The molecule has 0 aliphatic carbocycles. The first-order valence-electron chi connectivity index (χ1n) is 6.72. The highest BCUT2D eigenvalue weighted by Crippen LogP contribution is 2.17. The molecule has 0 unspecified atom stereocenters. The maximum Gasteiger partial charge on any atom is 0.315 e. The summed E-state index contributed by atoms with van der Waals surface area (Å²) >= 11 is 0. The fourth-order valence-corrected chi connectivity index (χ4v) is 1.77. The largest absolute Gasteiger partial charge is 0.396 e. The van der Waals surface area contributed by atoms with Crippen molar-refractivity contribution in [3.05, 3.63) is 35.1 Å². The minimum atomic E-state index is -0.266. The van der Waals surface area contributed by atoms with Gasteiger partial charge < -0.3 is 15.7 Å². The van der Waals surface area contributed by atoms with E-state index in [1.807, 2.05) is 13.8 Å². The lowest BCUT2D eigenvalue weighted by atomic mass is 9.90. The summed E-state index contributed by atoms with van der Waals surface area (Å²) < 4.78 is 13.1. The van der Waals surface area contributed by atoms with Crippen LogP contribution in [0.15, 0.2) is 18.2 Å². The van der Waals surface area contributed by atoms with Crippen LogP contribution in [0.5, 0.6) is 0 Å². The Kier molecular flexibility index (Phi) is 5.95. The molecule has 1 aromatic carbocycles. The molecule has 1 rings (SSSR count). The molecule has 0 atom stereocenters. The Hall–Kier alpha value is -1.62. The van der Waals surface area contributed by atoms with Crippen LogP contribution in [-0.4, -0.2) is 24.3 Å². The van der Waals surface area contributed by atoms with E-state index >= 15 is 0 Å². The molecule has 0 radical (unpaired) electrons. The SMILES string of the molecule is Cc1cc(CNC(=O)NCC(C)(C)CCO)ccc1F. The van der Waals surface area contributed by atoms with Crippen molar-refractivity contribution in [2.24, 2.45) is 5.41 Å². The highest BCUT2D eigenvalue weighted by molar-refractivity contribution is 5.73. The maximum atomic E-state index is 13.1. The number of hydrogen-bond acceptors (Lipinski definition) is 2. The predicted molar refractivity (Wildman–Crippen MR) is 76.9 cm³/mol. The minimum Gasteiger partial charge on any atom is -0.396 e. The molecule has 0 aliphatic rings. The van der Waals surface area contributed by atoms with Gasteiger partial charge in [-0.3, -0.25) is 0 Å². The van der Waals surface area contributed by atoms with Gasteiger partial charge in [-0.05, 0) is 36.0 Å². The summed E-state index contributed by atoms with van der Waals surface area (Å²) in [7, 11) is 0. The predicted octanol–water partition coefficient (Wildman–Crippen LogP) is 2.34. The van der Waals surface area contributed by atoms with Crippen LogP contribution < -0.4 is 10.6 Å². The second kappa shape index (κ2) is 7.24. The van der Waals surface area contributed by atoms with Gasteiger partial charge in [0.25, 0.3) is 0 Å². The number of amides is 2. The number of hydrogen-bond donors (Lipinski definition) is 3. The van der Waals surface area contributed by atoms with E-state index in [4.69, 9.17) is 5.11 Å². The molecule has 0 fully saturated rings. The van der Waals surface area contributed by atoms with Crippen LogP contribution in [0.25, 0.3) is 0 Å². The molecule has 0 saturated carbocycles.